The van der Waals surface area contributed by atoms with Crippen molar-refractivity contribution in [3.05, 3.63) is 0 Å². The third kappa shape index (κ3) is 12.4. The molecule has 0 aromatic carbocycles. The molecule has 0 bridgehead atoms. The molecular formula is C13H26Cl4Si. The largest absolute Gasteiger partial charge is 0.358 e. The third-order valence-electron chi connectivity index (χ3n) is 3.17. The van der Waals surface area contributed by atoms with Crippen molar-refractivity contribution >= 4 is 50.8 Å². The number of unbranched alkanes of at least 4 members (excludes halogenated alkanes) is 9. The molecule has 0 spiro atoms. The van der Waals surface area contributed by atoms with Crippen molar-refractivity contribution in [2.75, 3.05) is 0 Å². The first-order chi connectivity index (χ1) is 8.48. The summed E-state index contributed by atoms with van der Waals surface area (Å²) >= 11 is 23.6. The van der Waals surface area contributed by atoms with Crippen molar-refractivity contribution in [1.29, 1.82) is 0 Å². The van der Waals surface area contributed by atoms with E-state index in [4.69, 9.17) is 44.8 Å². The summed E-state index contributed by atoms with van der Waals surface area (Å²) in [4.78, 5) is 0. The molecule has 0 aromatic heterocycles. The van der Waals surface area contributed by atoms with Gasteiger partial charge in [-0.25, -0.2) is 0 Å². The van der Waals surface area contributed by atoms with Crippen LogP contribution < -0.4 is 0 Å². The Morgan fingerprint density at radius 3 is 1.50 bits per heavy atom. The van der Waals surface area contributed by atoms with E-state index in [9.17, 15) is 0 Å². The monoisotopic (exact) mass is 350 g/mol. The highest BCUT2D eigenvalue weighted by Gasteiger charge is 2.34. The summed E-state index contributed by atoms with van der Waals surface area (Å²) in [5.74, 6) is 0. The molecule has 0 saturated heterocycles. The molecule has 0 aliphatic carbocycles. The van der Waals surface area contributed by atoms with Gasteiger partial charge in [-0.3, -0.25) is 0 Å². The van der Waals surface area contributed by atoms with Crippen LogP contribution in [0.25, 0.3) is 0 Å². The van der Waals surface area contributed by atoms with Crippen LogP contribution in [0.5, 0.6) is 0 Å². The van der Waals surface area contributed by atoms with E-state index in [-0.39, 0.29) is 5.00 Å². The summed E-state index contributed by atoms with van der Waals surface area (Å²) in [5, 5.41) is -0.225. The second-order valence-electron chi connectivity index (χ2n) is 4.98. The van der Waals surface area contributed by atoms with E-state index in [1.807, 2.05) is 0 Å². The number of hydrogen-bond donors (Lipinski definition) is 0. The molecule has 1 unspecified atom stereocenters. The van der Waals surface area contributed by atoms with Gasteiger partial charge >= 0.3 is 6.00 Å². The van der Waals surface area contributed by atoms with Gasteiger partial charge in [0.2, 0.25) is 0 Å². The first kappa shape index (κ1) is 19.4. The molecular weight excluding hydrogens is 326 g/mol. The van der Waals surface area contributed by atoms with Crippen LogP contribution in [0.2, 0.25) is 0 Å². The van der Waals surface area contributed by atoms with Gasteiger partial charge in [0.15, 0.2) is 0 Å². The topological polar surface area (TPSA) is 0 Å². The maximum atomic E-state index is 6.03. The average Bonchev–Trinajstić information content (AvgIpc) is 2.30. The summed E-state index contributed by atoms with van der Waals surface area (Å²) in [7, 11) is 0. The predicted molar refractivity (Wildman–Crippen MR) is 89.4 cm³/mol. The molecule has 0 aliphatic heterocycles. The van der Waals surface area contributed by atoms with Crippen molar-refractivity contribution in [2.45, 2.75) is 82.6 Å². The van der Waals surface area contributed by atoms with Gasteiger partial charge in [0.05, 0.1) is 5.00 Å². The molecule has 0 nitrogen and oxygen atoms in total. The molecule has 0 aliphatic rings. The van der Waals surface area contributed by atoms with Gasteiger partial charge in [0, 0.05) is 0 Å². The maximum absolute atomic E-state index is 6.03. The van der Waals surface area contributed by atoms with E-state index in [1.54, 1.807) is 0 Å². The molecule has 110 valence electrons. The number of hydrogen-bond acceptors (Lipinski definition) is 0. The Morgan fingerprint density at radius 1 is 0.722 bits per heavy atom. The van der Waals surface area contributed by atoms with Crippen LogP contribution in [0.1, 0.15) is 77.6 Å². The quantitative estimate of drug-likeness (QED) is 0.152. The highest BCUT2D eigenvalue weighted by molar-refractivity contribution is 7.66. The third-order valence-corrected chi connectivity index (χ3v) is 8.74. The van der Waals surface area contributed by atoms with Crippen LogP contribution in [0.4, 0.5) is 0 Å². The lowest BCUT2D eigenvalue weighted by Crippen LogP contribution is -2.25. The van der Waals surface area contributed by atoms with Crippen molar-refractivity contribution in [3.8, 4) is 0 Å². The molecule has 0 saturated carbocycles. The van der Waals surface area contributed by atoms with Gasteiger partial charge in [-0.15, -0.1) is 44.8 Å². The Hall–Kier alpha value is 1.38. The van der Waals surface area contributed by atoms with Crippen molar-refractivity contribution in [1.82, 2.24) is 0 Å². The Balaban J connectivity index is 3.17. The van der Waals surface area contributed by atoms with Crippen molar-refractivity contribution in [3.63, 3.8) is 0 Å². The molecule has 0 fully saturated rings. The Kier molecular flexibility index (Phi) is 13.1. The zero-order valence-corrected chi connectivity index (χ0v) is 15.4. The highest BCUT2D eigenvalue weighted by Crippen LogP contribution is 2.31. The lowest BCUT2D eigenvalue weighted by Gasteiger charge is -2.14. The van der Waals surface area contributed by atoms with E-state index in [0.29, 0.717) is 0 Å². The molecule has 0 N–H and O–H groups in total. The molecule has 0 rings (SSSR count). The summed E-state index contributed by atoms with van der Waals surface area (Å²) < 4.78 is 0. The van der Waals surface area contributed by atoms with Crippen LogP contribution in [0.15, 0.2) is 0 Å². The first-order valence-corrected chi connectivity index (χ1v) is 12.7. The number of rotatable bonds is 12. The van der Waals surface area contributed by atoms with Crippen molar-refractivity contribution < 1.29 is 0 Å². The van der Waals surface area contributed by atoms with Crippen LogP contribution in [-0.2, 0) is 0 Å². The van der Waals surface area contributed by atoms with Gasteiger partial charge in [-0.2, -0.15) is 0 Å². The van der Waals surface area contributed by atoms with E-state index < -0.39 is 6.00 Å². The van der Waals surface area contributed by atoms with Gasteiger partial charge in [-0.05, 0) is 6.42 Å². The summed E-state index contributed by atoms with van der Waals surface area (Å²) in [6, 6.07) is -2.67. The minimum Gasteiger partial charge on any atom is -0.125 e. The molecule has 0 aromatic rings. The minimum atomic E-state index is -2.67. The predicted octanol–water partition coefficient (Wildman–Crippen LogP) is 7.10. The summed E-state index contributed by atoms with van der Waals surface area (Å²) in [5.41, 5.74) is 0. The fourth-order valence-electron chi connectivity index (χ4n) is 1.97. The number of alkyl halides is 1. The zero-order chi connectivity index (χ0) is 13.9. The van der Waals surface area contributed by atoms with Gasteiger partial charge < -0.3 is 0 Å². The molecule has 0 amide bonds. The fraction of sp³-hybridized carbons (Fsp3) is 1.00. The van der Waals surface area contributed by atoms with Gasteiger partial charge in [0.1, 0.15) is 0 Å². The Bertz CT molecular complexity index is 182. The molecule has 1 atom stereocenters. The fourth-order valence-corrected chi connectivity index (χ4v) is 3.64. The highest BCUT2D eigenvalue weighted by atomic mass is 35.8. The lowest BCUT2D eigenvalue weighted by molar-refractivity contribution is 0.553. The van der Waals surface area contributed by atoms with Gasteiger partial charge in [-0.1, -0.05) is 71.1 Å². The van der Waals surface area contributed by atoms with Gasteiger partial charge in [0.25, 0.3) is 0 Å². The first-order valence-electron chi connectivity index (χ1n) is 7.19. The summed E-state index contributed by atoms with van der Waals surface area (Å²) in [6.07, 6.45) is 14.0. The Labute approximate surface area is 133 Å². The smallest absolute Gasteiger partial charge is 0.125 e. The maximum Gasteiger partial charge on any atom is 0.358 e. The van der Waals surface area contributed by atoms with Crippen molar-refractivity contribution in [2.24, 2.45) is 0 Å². The van der Waals surface area contributed by atoms with Crippen LogP contribution >= 0.6 is 44.8 Å². The van der Waals surface area contributed by atoms with Crippen LogP contribution in [-0.4, -0.2) is 11.0 Å². The SMILES string of the molecule is CCCCCCCCCCCCC(Cl)[Si](Cl)(Cl)Cl. The Morgan fingerprint density at radius 2 is 1.11 bits per heavy atom. The normalized spacial score (nSPS) is 13.8. The van der Waals surface area contributed by atoms with E-state index >= 15 is 0 Å². The average molecular weight is 352 g/mol. The molecule has 18 heavy (non-hydrogen) atoms. The second kappa shape index (κ2) is 12.1. The zero-order valence-electron chi connectivity index (χ0n) is 11.4. The van der Waals surface area contributed by atoms with Crippen LogP contribution in [0.3, 0.4) is 0 Å². The second-order valence-corrected chi connectivity index (χ2v) is 14.8. The minimum absolute atomic E-state index is 0.225. The van der Waals surface area contributed by atoms with E-state index in [2.05, 4.69) is 6.92 Å². The van der Waals surface area contributed by atoms with Crippen LogP contribution in [0, 0.1) is 0 Å². The molecule has 0 heterocycles. The number of halogens is 4. The van der Waals surface area contributed by atoms with E-state index in [1.165, 1.54) is 57.8 Å². The van der Waals surface area contributed by atoms with E-state index in [0.717, 1.165) is 12.8 Å². The molecule has 5 heteroatoms. The standard InChI is InChI=1S/C13H26Cl4Si/c1-2-3-4-5-6-7-8-9-10-11-12-13(14)18(15,16)17/h13H,2-12H2,1H3. The molecule has 0 radical (unpaired) electrons. The lowest BCUT2D eigenvalue weighted by atomic mass is 10.1. The summed E-state index contributed by atoms with van der Waals surface area (Å²) in [6.45, 7) is 2.25.